The molecule has 0 aromatic heterocycles. The first kappa shape index (κ1) is 13.0. The van der Waals surface area contributed by atoms with Crippen LogP contribution in [0.25, 0.3) is 0 Å². The van der Waals surface area contributed by atoms with E-state index in [9.17, 15) is 0 Å². The van der Waals surface area contributed by atoms with Crippen molar-refractivity contribution in [1.29, 1.82) is 0 Å². The molecule has 0 atom stereocenters. The average molecular weight is 213 g/mol. The van der Waals surface area contributed by atoms with E-state index < -0.39 is 0 Å². The van der Waals surface area contributed by atoms with Crippen molar-refractivity contribution >= 4 is 0 Å². The lowest BCUT2D eigenvalue weighted by Gasteiger charge is -2.11. The summed E-state index contributed by atoms with van der Waals surface area (Å²) >= 11 is 0. The Bertz CT molecular complexity index is 141. The standard InChI is InChI=1S/C13H27NO/c1-12(2)6-5-10-15-11-9-14-13-7-3-4-8-13/h12-14H,3-11H2,1-2H3. The van der Waals surface area contributed by atoms with E-state index in [0.29, 0.717) is 0 Å². The summed E-state index contributed by atoms with van der Waals surface area (Å²) in [6.45, 7) is 7.38. The minimum absolute atomic E-state index is 0.782. The first-order valence-corrected chi connectivity index (χ1v) is 6.60. The van der Waals surface area contributed by atoms with Gasteiger partial charge in [0.2, 0.25) is 0 Å². The number of rotatable bonds is 8. The molecule has 0 saturated heterocycles. The second-order valence-corrected chi connectivity index (χ2v) is 5.08. The third kappa shape index (κ3) is 6.91. The Morgan fingerprint density at radius 2 is 1.93 bits per heavy atom. The van der Waals surface area contributed by atoms with Gasteiger partial charge in [-0.25, -0.2) is 0 Å². The van der Waals surface area contributed by atoms with Gasteiger partial charge in [0.05, 0.1) is 6.61 Å². The van der Waals surface area contributed by atoms with Crippen molar-refractivity contribution in [3.8, 4) is 0 Å². The fraction of sp³-hybridized carbons (Fsp3) is 1.00. The molecule has 1 N–H and O–H groups in total. The van der Waals surface area contributed by atoms with E-state index in [0.717, 1.165) is 31.7 Å². The predicted molar refractivity (Wildman–Crippen MR) is 65.1 cm³/mol. The summed E-state index contributed by atoms with van der Waals surface area (Å²) in [6, 6.07) is 0.782. The summed E-state index contributed by atoms with van der Waals surface area (Å²) in [5.41, 5.74) is 0. The molecule has 15 heavy (non-hydrogen) atoms. The zero-order chi connectivity index (χ0) is 10.9. The SMILES string of the molecule is CC(C)CCCOCCNC1CCCC1. The van der Waals surface area contributed by atoms with Crippen LogP contribution < -0.4 is 5.32 Å². The summed E-state index contributed by atoms with van der Waals surface area (Å²) < 4.78 is 5.58. The van der Waals surface area contributed by atoms with Crippen LogP contribution in [0.2, 0.25) is 0 Å². The quantitative estimate of drug-likeness (QED) is 0.626. The fourth-order valence-electron chi connectivity index (χ4n) is 2.16. The van der Waals surface area contributed by atoms with Crippen LogP contribution in [0.5, 0.6) is 0 Å². The smallest absolute Gasteiger partial charge is 0.0590 e. The zero-order valence-corrected chi connectivity index (χ0v) is 10.4. The highest BCUT2D eigenvalue weighted by molar-refractivity contribution is 4.72. The van der Waals surface area contributed by atoms with E-state index >= 15 is 0 Å². The molecule has 0 unspecified atom stereocenters. The molecule has 1 fully saturated rings. The Balaban J connectivity index is 1.76. The van der Waals surface area contributed by atoms with Crippen LogP contribution in [0.3, 0.4) is 0 Å². The molecule has 0 spiro atoms. The van der Waals surface area contributed by atoms with Gasteiger partial charge in [0.1, 0.15) is 0 Å². The average Bonchev–Trinajstić information content (AvgIpc) is 2.68. The summed E-state index contributed by atoms with van der Waals surface area (Å²) in [7, 11) is 0. The molecule has 1 saturated carbocycles. The maximum atomic E-state index is 5.58. The molecule has 1 aliphatic rings. The Morgan fingerprint density at radius 3 is 2.60 bits per heavy atom. The topological polar surface area (TPSA) is 21.3 Å². The van der Waals surface area contributed by atoms with Crippen molar-refractivity contribution in [3.05, 3.63) is 0 Å². The number of hydrogen-bond acceptors (Lipinski definition) is 2. The van der Waals surface area contributed by atoms with E-state index in [1.54, 1.807) is 0 Å². The molecule has 0 aromatic carbocycles. The molecule has 0 heterocycles. The molecule has 0 aromatic rings. The lowest BCUT2D eigenvalue weighted by molar-refractivity contribution is 0.127. The number of nitrogens with one attached hydrogen (secondary N) is 1. The van der Waals surface area contributed by atoms with Gasteiger partial charge in [-0.1, -0.05) is 26.7 Å². The normalized spacial score (nSPS) is 17.8. The van der Waals surface area contributed by atoms with Crippen molar-refractivity contribution in [2.45, 2.75) is 58.4 Å². The second kappa shape index (κ2) is 8.12. The van der Waals surface area contributed by atoms with Crippen LogP contribution in [-0.4, -0.2) is 25.8 Å². The van der Waals surface area contributed by atoms with E-state index in [1.807, 2.05) is 0 Å². The highest BCUT2D eigenvalue weighted by Crippen LogP contribution is 2.17. The monoisotopic (exact) mass is 213 g/mol. The fourth-order valence-corrected chi connectivity index (χ4v) is 2.16. The van der Waals surface area contributed by atoms with Crippen molar-refractivity contribution in [3.63, 3.8) is 0 Å². The summed E-state index contributed by atoms with van der Waals surface area (Å²) in [5, 5.41) is 3.56. The number of ether oxygens (including phenoxy) is 1. The van der Waals surface area contributed by atoms with Gasteiger partial charge < -0.3 is 10.1 Å². The van der Waals surface area contributed by atoms with Crippen LogP contribution in [-0.2, 0) is 4.74 Å². The van der Waals surface area contributed by atoms with Gasteiger partial charge in [-0.2, -0.15) is 0 Å². The van der Waals surface area contributed by atoms with Gasteiger partial charge in [0, 0.05) is 19.2 Å². The summed E-state index contributed by atoms with van der Waals surface area (Å²) in [6.07, 6.45) is 8.05. The molecule has 0 radical (unpaired) electrons. The maximum Gasteiger partial charge on any atom is 0.0590 e. The molecule has 1 aliphatic carbocycles. The van der Waals surface area contributed by atoms with Gasteiger partial charge in [0.15, 0.2) is 0 Å². The van der Waals surface area contributed by atoms with E-state index in [-0.39, 0.29) is 0 Å². The highest BCUT2D eigenvalue weighted by atomic mass is 16.5. The molecule has 0 aliphatic heterocycles. The second-order valence-electron chi connectivity index (χ2n) is 5.08. The summed E-state index contributed by atoms with van der Waals surface area (Å²) in [5.74, 6) is 0.810. The Kier molecular flexibility index (Phi) is 7.03. The Morgan fingerprint density at radius 1 is 1.20 bits per heavy atom. The van der Waals surface area contributed by atoms with Crippen molar-refractivity contribution in [1.82, 2.24) is 5.32 Å². The summed E-state index contributed by atoms with van der Waals surface area (Å²) in [4.78, 5) is 0. The van der Waals surface area contributed by atoms with Crippen molar-refractivity contribution in [2.75, 3.05) is 19.8 Å². The Labute approximate surface area is 94.8 Å². The minimum Gasteiger partial charge on any atom is -0.380 e. The predicted octanol–water partition coefficient (Wildman–Crippen LogP) is 2.97. The van der Waals surface area contributed by atoms with Crippen LogP contribution in [0.1, 0.15) is 52.4 Å². The lowest BCUT2D eigenvalue weighted by Crippen LogP contribution is -2.29. The van der Waals surface area contributed by atoms with E-state index in [2.05, 4.69) is 19.2 Å². The van der Waals surface area contributed by atoms with Gasteiger partial charge in [-0.05, 0) is 31.6 Å². The first-order chi connectivity index (χ1) is 7.29. The zero-order valence-electron chi connectivity index (χ0n) is 10.4. The first-order valence-electron chi connectivity index (χ1n) is 6.60. The van der Waals surface area contributed by atoms with Gasteiger partial charge in [-0.3, -0.25) is 0 Å². The van der Waals surface area contributed by atoms with Crippen LogP contribution in [0.15, 0.2) is 0 Å². The third-order valence-corrected chi connectivity index (χ3v) is 3.10. The third-order valence-electron chi connectivity index (χ3n) is 3.10. The molecule has 2 nitrogen and oxygen atoms in total. The Hall–Kier alpha value is -0.0800. The van der Waals surface area contributed by atoms with E-state index in [1.165, 1.54) is 38.5 Å². The number of hydrogen-bond donors (Lipinski definition) is 1. The highest BCUT2D eigenvalue weighted by Gasteiger charge is 2.12. The van der Waals surface area contributed by atoms with Crippen LogP contribution in [0.4, 0.5) is 0 Å². The maximum absolute atomic E-state index is 5.58. The molecular weight excluding hydrogens is 186 g/mol. The lowest BCUT2D eigenvalue weighted by atomic mass is 10.1. The molecule has 0 amide bonds. The van der Waals surface area contributed by atoms with Crippen molar-refractivity contribution < 1.29 is 4.74 Å². The minimum atomic E-state index is 0.782. The molecular formula is C13H27NO. The van der Waals surface area contributed by atoms with Crippen LogP contribution >= 0.6 is 0 Å². The van der Waals surface area contributed by atoms with Crippen LogP contribution in [0, 0.1) is 5.92 Å². The van der Waals surface area contributed by atoms with Gasteiger partial charge in [0.25, 0.3) is 0 Å². The van der Waals surface area contributed by atoms with E-state index in [4.69, 9.17) is 4.74 Å². The van der Waals surface area contributed by atoms with Gasteiger partial charge in [-0.15, -0.1) is 0 Å². The largest absolute Gasteiger partial charge is 0.380 e. The molecule has 0 bridgehead atoms. The molecule has 1 rings (SSSR count). The molecule has 2 heteroatoms. The van der Waals surface area contributed by atoms with Crippen molar-refractivity contribution in [2.24, 2.45) is 5.92 Å². The molecule has 90 valence electrons. The van der Waals surface area contributed by atoms with Gasteiger partial charge >= 0.3 is 0 Å².